The van der Waals surface area contributed by atoms with Gasteiger partial charge >= 0.3 is 0 Å². The number of aryl methyl sites for hydroxylation is 1. The molecule has 1 atom stereocenters. The van der Waals surface area contributed by atoms with Crippen molar-refractivity contribution in [1.29, 1.82) is 0 Å². The van der Waals surface area contributed by atoms with Crippen molar-refractivity contribution in [3.8, 4) is 0 Å². The average Bonchev–Trinajstić information content (AvgIpc) is 2.76. The summed E-state index contributed by atoms with van der Waals surface area (Å²) in [5.41, 5.74) is 2.45. The number of aromatic nitrogens is 1. The maximum Gasteiger partial charge on any atom is 0.252 e. The van der Waals surface area contributed by atoms with Gasteiger partial charge in [-0.1, -0.05) is 38.1 Å². The van der Waals surface area contributed by atoms with Gasteiger partial charge in [-0.2, -0.15) is 0 Å². The number of nitrogens with one attached hydrogen (secondary N) is 2. The smallest absolute Gasteiger partial charge is 0.252 e. The van der Waals surface area contributed by atoms with Crippen LogP contribution in [0.3, 0.4) is 0 Å². The number of amides is 2. The van der Waals surface area contributed by atoms with E-state index in [1.807, 2.05) is 51.1 Å². The van der Waals surface area contributed by atoms with Crippen molar-refractivity contribution in [2.75, 3.05) is 38.1 Å². The zero-order valence-corrected chi connectivity index (χ0v) is 18.9. The first-order chi connectivity index (χ1) is 14.9. The van der Waals surface area contributed by atoms with Crippen LogP contribution in [0.25, 0.3) is 0 Å². The van der Waals surface area contributed by atoms with Crippen molar-refractivity contribution < 1.29 is 9.59 Å². The van der Waals surface area contributed by atoms with Gasteiger partial charge in [0.25, 0.3) is 5.91 Å². The molecule has 1 aromatic heterocycles. The van der Waals surface area contributed by atoms with Gasteiger partial charge in [0.2, 0.25) is 5.91 Å². The molecule has 1 saturated heterocycles. The molecule has 3 rings (SSSR count). The Hall–Kier alpha value is -2.93. The van der Waals surface area contributed by atoms with Gasteiger partial charge in [0, 0.05) is 50.0 Å². The van der Waals surface area contributed by atoms with Crippen molar-refractivity contribution >= 4 is 17.6 Å². The fraction of sp³-hybridized carbons (Fsp3) is 0.458. The lowest BCUT2D eigenvalue weighted by molar-refractivity contribution is -0.124. The van der Waals surface area contributed by atoms with Gasteiger partial charge in [-0.25, -0.2) is 4.98 Å². The molecule has 0 radical (unpaired) electrons. The first-order valence-corrected chi connectivity index (χ1v) is 10.9. The summed E-state index contributed by atoms with van der Waals surface area (Å²) in [6.07, 6.45) is 1.79. The average molecular weight is 424 g/mol. The van der Waals surface area contributed by atoms with Crippen LogP contribution in [0.4, 0.5) is 5.82 Å². The van der Waals surface area contributed by atoms with E-state index in [2.05, 4.69) is 32.5 Å². The topological polar surface area (TPSA) is 77.6 Å². The van der Waals surface area contributed by atoms with Crippen LogP contribution in [-0.2, 0) is 11.3 Å². The van der Waals surface area contributed by atoms with E-state index < -0.39 is 6.04 Å². The van der Waals surface area contributed by atoms with Crippen LogP contribution in [0.15, 0.2) is 42.6 Å². The number of pyridine rings is 1. The second-order valence-electron chi connectivity index (χ2n) is 8.50. The molecule has 2 amide bonds. The summed E-state index contributed by atoms with van der Waals surface area (Å²) in [6, 6.07) is 10.7. The van der Waals surface area contributed by atoms with Gasteiger partial charge in [0.1, 0.15) is 11.9 Å². The number of hydrogen-bond donors (Lipinski definition) is 2. The van der Waals surface area contributed by atoms with Crippen LogP contribution in [0.5, 0.6) is 0 Å². The molecular formula is C24H33N5O2. The van der Waals surface area contributed by atoms with Gasteiger partial charge in [0.05, 0.1) is 0 Å². The number of piperazine rings is 1. The predicted molar refractivity (Wildman–Crippen MR) is 123 cm³/mol. The Morgan fingerprint density at radius 2 is 1.77 bits per heavy atom. The summed E-state index contributed by atoms with van der Waals surface area (Å²) in [5.74, 6) is 0.455. The monoisotopic (exact) mass is 423 g/mol. The van der Waals surface area contributed by atoms with E-state index in [9.17, 15) is 9.59 Å². The summed E-state index contributed by atoms with van der Waals surface area (Å²) in [7, 11) is 2.12. The van der Waals surface area contributed by atoms with Crippen LogP contribution in [0, 0.1) is 12.8 Å². The number of carbonyl (C=O) groups excluding carboxylic acids is 2. The number of anilines is 1. The molecule has 0 spiro atoms. The third-order valence-corrected chi connectivity index (χ3v) is 5.75. The number of benzene rings is 1. The summed E-state index contributed by atoms with van der Waals surface area (Å²) in [5, 5.41) is 5.92. The molecule has 1 aliphatic heterocycles. The molecule has 1 aliphatic rings. The standard InChI is InChI=1S/C24H33N5O2/c1-17(2)21(27-23(30)20-10-6-5-8-18(20)3)24(31)26-16-19-9-7-11-25-22(19)29-14-12-28(4)13-15-29/h5-11,17,21H,12-16H2,1-4H3,(H,26,31)(H,27,30). The van der Waals surface area contributed by atoms with E-state index in [-0.39, 0.29) is 17.7 Å². The Morgan fingerprint density at radius 3 is 2.45 bits per heavy atom. The minimum Gasteiger partial charge on any atom is -0.354 e. The molecule has 0 bridgehead atoms. The molecule has 2 aromatic rings. The summed E-state index contributed by atoms with van der Waals surface area (Å²) >= 11 is 0. The lowest BCUT2D eigenvalue weighted by atomic mass is 10.0. The highest BCUT2D eigenvalue weighted by Crippen LogP contribution is 2.19. The van der Waals surface area contributed by atoms with Gasteiger partial charge < -0.3 is 20.4 Å². The maximum atomic E-state index is 13.0. The molecule has 31 heavy (non-hydrogen) atoms. The van der Waals surface area contributed by atoms with E-state index in [4.69, 9.17) is 0 Å². The van der Waals surface area contributed by atoms with Crippen LogP contribution in [0.2, 0.25) is 0 Å². The van der Waals surface area contributed by atoms with Crippen LogP contribution >= 0.6 is 0 Å². The number of rotatable bonds is 7. The highest BCUT2D eigenvalue weighted by atomic mass is 16.2. The summed E-state index contributed by atoms with van der Waals surface area (Å²) < 4.78 is 0. The third kappa shape index (κ3) is 5.82. The molecule has 1 aromatic carbocycles. The fourth-order valence-corrected chi connectivity index (χ4v) is 3.75. The van der Waals surface area contributed by atoms with Crippen molar-refractivity contribution in [2.24, 2.45) is 5.92 Å². The zero-order chi connectivity index (χ0) is 22.4. The molecule has 2 heterocycles. The van der Waals surface area contributed by atoms with Crippen molar-refractivity contribution in [3.05, 3.63) is 59.3 Å². The third-order valence-electron chi connectivity index (χ3n) is 5.75. The maximum absolute atomic E-state index is 13.0. The minimum absolute atomic E-state index is 0.0426. The van der Waals surface area contributed by atoms with E-state index in [1.165, 1.54) is 0 Å². The lowest BCUT2D eigenvalue weighted by Crippen LogP contribution is -2.49. The second-order valence-corrected chi connectivity index (χ2v) is 8.50. The van der Waals surface area contributed by atoms with Crippen LogP contribution in [-0.4, -0.2) is 61.0 Å². The highest BCUT2D eigenvalue weighted by molar-refractivity contribution is 5.98. The highest BCUT2D eigenvalue weighted by Gasteiger charge is 2.25. The number of likely N-dealkylation sites (N-methyl/N-ethyl adjacent to an activating group) is 1. The SMILES string of the molecule is Cc1ccccc1C(=O)NC(C(=O)NCc1cccnc1N1CCN(C)CC1)C(C)C. The Bertz CT molecular complexity index is 906. The molecule has 7 heteroatoms. The molecule has 7 nitrogen and oxygen atoms in total. The quantitative estimate of drug-likeness (QED) is 0.714. The molecular weight excluding hydrogens is 390 g/mol. The van der Waals surface area contributed by atoms with Crippen molar-refractivity contribution in [1.82, 2.24) is 20.5 Å². The second kappa shape index (κ2) is 10.4. The molecule has 2 N–H and O–H groups in total. The van der Waals surface area contributed by atoms with Crippen LogP contribution in [0.1, 0.15) is 35.3 Å². The predicted octanol–water partition coefficient (Wildman–Crippen LogP) is 2.21. The largest absolute Gasteiger partial charge is 0.354 e. The minimum atomic E-state index is -0.615. The fourth-order valence-electron chi connectivity index (χ4n) is 3.75. The Morgan fingerprint density at radius 1 is 1.06 bits per heavy atom. The van der Waals surface area contributed by atoms with E-state index in [0.717, 1.165) is 43.1 Å². The zero-order valence-electron chi connectivity index (χ0n) is 18.9. The Labute approximate surface area is 184 Å². The summed E-state index contributed by atoms with van der Waals surface area (Å²) in [4.78, 5) is 34.8. The van der Waals surface area contributed by atoms with Gasteiger partial charge in [-0.05, 0) is 37.6 Å². The lowest BCUT2D eigenvalue weighted by Gasteiger charge is -2.34. The number of nitrogens with zero attached hydrogens (tertiary/aromatic N) is 3. The van der Waals surface area contributed by atoms with Crippen molar-refractivity contribution in [3.63, 3.8) is 0 Å². The van der Waals surface area contributed by atoms with Crippen LogP contribution < -0.4 is 15.5 Å². The molecule has 0 saturated carbocycles. The first-order valence-electron chi connectivity index (χ1n) is 10.9. The summed E-state index contributed by atoms with van der Waals surface area (Å²) in [6.45, 7) is 9.93. The Balaban J connectivity index is 1.66. The Kier molecular flexibility index (Phi) is 7.63. The van der Waals surface area contributed by atoms with Crippen molar-refractivity contribution in [2.45, 2.75) is 33.4 Å². The van der Waals surface area contributed by atoms with Gasteiger partial charge in [-0.3, -0.25) is 9.59 Å². The molecule has 166 valence electrons. The number of hydrogen-bond acceptors (Lipinski definition) is 5. The van der Waals surface area contributed by atoms with E-state index in [1.54, 1.807) is 12.3 Å². The molecule has 1 fully saturated rings. The van der Waals surface area contributed by atoms with Gasteiger partial charge in [-0.15, -0.1) is 0 Å². The number of carbonyl (C=O) groups is 2. The van der Waals surface area contributed by atoms with Gasteiger partial charge in [0.15, 0.2) is 0 Å². The molecule has 1 unspecified atom stereocenters. The normalized spacial score (nSPS) is 15.6. The van der Waals surface area contributed by atoms with E-state index >= 15 is 0 Å². The first kappa shape index (κ1) is 22.7. The molecule has 0 aliphatic carbocycles. The van der Waals surface area contributed by atoms with E-state index in [0.29, 0.717) is 12.1 Å².